The first-order valence-corrected chi connectivity index (χ1v) is 12.5. The number of hydrogen-bond donors (Lipinski definition) is 3. The van der Waals surface area contributed by atoms with E-state index in [-0.39, 0.29) is 6.03 Å². The van der Waals surface area contributed by atoms with Gasteiger partial charge in [0.2, 0.25) is 0 Å². The first-order chi connectivity index (χ1) is 19.2. The molecule has 0 bridgehead atoms. The van der Waals surface area contributed by atoms with Crippen LogP contribution in [0.3, 0.4) is 0 Å². The van der Waals surface area contributed by atoms with Crippen LogP contribution in [0.4, 0.5) is 16.2 Å². The third-order valence-electron chi connectivity index (χ3n) is 6.46. The number of aromatic nitrogens is 4. The van der Waals surface area contributed by atoms with Gasteiger partial charge < -0.3 is 20.4 Å². The summed E-state index contributed by atoms with van der Waals surface area (Å²) in [5, 5.41) is 11.7. The van der Waals surface area contributed by atoms with Crippen LogP contribution in [0.5, 0.6) is 5.75 Å². The molecule has 3 N–H and O–H groups in total. The molecular weight excluding hydrogens is 488 g/mol. The number of fused-ring (bicyclic) bond motifs is 1. The van der Waals surface area contributed by atoms with Crippen LogP contribution in [0, 0.1) is 0 Å². The maximum Gasteiger partial charge on any atom is 0.323 e. The largest absolute Gasteiger partial charge is 0.497 e. The van der Waals surface area contributed by atoms with Crippen molar-refractivity contribution in [2.24, 2.45) is 0 Å². The summed E-state index contributed by atoms with van der Waals surface area (Å²) in [4.78, 5) is 20.1. The third kappa shape index (κ3) is 5.21. The van der Waals surface area contributed by atoms with E-state index in [1.165, 1.54) is 0 Å². The van der Waals surface area contributed by atoms with Gasteiger partial charge in [-0.1, -0.05) is 42.5 Å². The number of carbonyl (C=O) groups is 1. The maximum atomic E-state index is 12.4. The fourth-order valence-corrected chi connectivity index (χ4v) is 4.55. The quantitative estimate of drug-likeness (QED) is 0.218. The van der Waals surface area contributed by atoms with Crippen molar-refractivity contribution in [3.63, 3.8) is 0 Å². The van der Waals surface area contributed by atoms with Gasteiger partial charge in [-0.15, -0.1) is 0 Å². The number of nitrogens with one attached hydrogen (secondary N) is 3. The molecule has 0 unspecified atom stereocenters. The molecule has 0 radical (unpaired) electrons. The molecule has 3 aromatic heterocycles. The van der Waals surface area contributed by atoms with Crippen molar-refractivity contribution in [1.82, 2.24) is 19.7 Å². The van der Waals surface area contributed by atoms with Crippen molar-refractivity contribution in [2.75, 3.05) is 17.7 Å². The van der Waals surface area contributed by atoms with Gasteiger partial charge in [-0.3, -0.25) is 4.68 Å². The van der Waals surface area contributed by atoms with Gasteiger partial charge in [0, 0.05) is 46.5 Å². The van der Waals surface area contributed by atoms with Gasteiger partial charge in [-0.2, -0.15) is 5.10 Å². The van der Waals surface area contributed by atoms with E-state index < -0.39 is 0 Å². The molecule has 39 heavy (non-hydrogen) atoms. The fraction of sp³-hybridized carbons (Fsp3) is 0.0645. The molecule has 8 heteroatoms. The number of ether oxygens (including phenoxy) is 1. The van der Waals surface area contributed by atoms with Crippen LogP contribution >= 0.6 is 0 Å². The summed E-state index contributed by atoms with van der Waals surface area (Å²) < 4.78 is 7.24. The number of benzene rings is 3. The van der Waals surface area contributed by atoms with E-state index in [1.54, 1.807) is 13.3 Å². The monoisotopic (exact) mass is 514 g/mol. The Balaban J connectivity index is 1.31. The summed E-state index contributed by atoms with van der Waals surface area (Å²) in [6.07, 6.45) is 5.77. The zero-order valence-electron chi connectivity index (χ0n) is 21.3. The number of hydrogen-bond acceptors (Lipinski definition) is 4. The van der Waals surface area contributed by atoms with Gasteiger partial charge in [0.05, 0.1) is 13.7 Å². The van der Waals surface area contributed by atoms with Gasteiger partial charge in [-0.05, 0) is 59.7 Å². The van der Waals surface area contributed by atoms with Crippen molar-refractivity contribution < 1.29 is 9.53 Å². The molecule has 3 aromatic carbocycles. The Hall–Kier alpha value is -5.37. The van der Waals surface area contributed by atoms with E-state index in [0.29, 0.717) is 12.2 Å². The van der Waals surface area contributed by atoms with Crippen molar-refractivity contribution in [1.29, 1.82) is 0 Å². The molecule has 6 rings (SSSR count). The highest BCUT2D eigenvalue weighted by atomic mass is 16.5. The third-order valence-corrected chi connectivity index (χ3v) is 6.46. The first-order valence-electron chi connectivity index (χ1n) is 12.5. The molecule has 0 spiro atoms. The second-order valence-electron chi connectivity index (χ2n) is 9.06. The van der Waals surface area contributed by atoms with E-state index in [1.807, 2.05) is 102 Å². The number of methoxy groups -OCH3 is 1. The number of nitrogens with zero attached hydrogens (tertiary/aromatic N) is 3. The predicted octanol–water partition coefficient (Wildman–Crippen LogP) is 6.79. The second kappa shape index (κ2) is 10.5. The van der Waals surface area contributed by atoms with Gasteiger partial charge in [0.1, 0.15) is 17.1 Å². The predicted molar refractivity (Wildman–Crippen MR) is 154 cm³/mol. The van der Waals surface area contributed by atoms with Crippen LogP contribution in [0.25, 0.3) is 33.4 Å². The molecule has 8 nitrogen and oxygen atoms in total. The number of H-pyrrole nitrogens is 1. The topological polar surface area (TPSA) is 96.9 Å². The summed E-state index contributed by atoms with van der Waals surface area (Å²) in [7, 11) is 1.66. The lowest BCUT2D eigenvalue weighted by Gasteiger charge is -2.09. The molecule has 0 fully saturated rings. The Morgan fingerprint density at radius 2 is 1.62 bits per heavy atom. The Morgan fingerprint density at radius 1 is 0.872 bits per heavy atom. The minimum absolute atomic E-state index is 0.301. The van der Waals surface area contributed by atoms with Crippen LogP contribution in [-0.4, -0.2) is 32.9 Å². The van der Waals surface area contributed by atoms with Crippen LogP contribution in [-0.2, 0) is 6.54 Å². The minimum Gasteiger partial charge on any atom is -0.497 e. The van der Waals surface area contributed by atoms with Crippen molar-refractivity contribution in [3.8, 4) is 28.1 Å². The van der Waals surface area contributed by atoms with E-state index >= 15 is 0 Å². The highest BCUT2D eigenvalue weighted by Crippen LogP contribution is 2.35. The average molecular weight is 515 g/mol. The summed E-state index contributed by atoms with van der Waals surface area (Å²) in [6.45, 7) is 0.609. The Kier molecular flexibility index (Phi) is 6.49. The molecule has 0 saturated carbocycles. The summed E-state index contributed by atoms with van der Waals surface area (Å²) >= 11 is 0. The van der Waals surface area contributed by atoms with E-state index in [4.69, 9.17) is 9.84 Å². The molecule has 6 aromatic rings. The first kappa shape index (κ1) is 24.0. The summed E-state index contributed by atoms with van der Waals surface area (Å²) in [5.41, 5.74) is 7.17. The van der Waals surface area contributed by atoms with E-state index in [2.05, 4.69) is 26.8 Å². The molecule has 0 aliphatic carbocycles. The molecule has 3 heterocycles. The lowest BCUT2D eigenvalue weighted by Crippen LogP contribution is -2.19. The molecule has 0 saturated heterocycles. The molecule has 0 aliphatic rings. The Labute approximate surface area is 225 Å². The second-order valence-corrected chi connectivity index (χ2v) is 9.06. The number of amides is 2. The Morgan fingerprint density at radius 3 is 2.36 bits per heavy atom. The normalized spacial score (nSPS) is 10.9. The Bertz CT molecular complexity index is 1720. The van der Waals surface area contributed by atoms with E-state index in [9.17, 15) is 4.79 Å². The van der Waals surface area contributed by atoms with Crippen LogP contribution in [0.2, 0.25) is 0 Å². The SMILES string of the molecule is COc1ccc(Cn2cc(-c3ccnc4[nH]ccc34)c(-c3ccc(NC(=O)Nc4ccccc4)cc3)n2)cc1. The van der Waals surface area contributed by atoms with Crippen LogP contribution < -0.4 is 15.4 Å². The van der Waals surface area contributed by atoms with Crippen LogP contribution in [0.1, 0.15) is 5.56 Å². The number of pyridine rings is 1. The number of carbonyl (C=O) groups excluding carboxylic acids is 1. The summed E-state index contributed by atoms with van der Waals surface area (Å²) in [6, 6.07) is 28.8. The highest BCUT2D eigenvalue weighted by Gasteiger charge is 2.17. The number of rotatable bonds is 7. The minimum atomic E-state index is -0.301. The average Bonchev–Trinajstić information content (AvgIpc) is 3.62. The molecule has 0 atom stereocenters. The molecule has 192 valence electrons. The van der Waals surface area contributed by atoms with Crippen molar-refractivity contribution in [3.05, 3.63) is 115 Å². The number of urea groups is 1. The van der Waals surface area contributed by atoms with Crippen molar-refractivity contribution in [2.45, 2.75) is 6.54 Å². The number of aromatic amines is 1. The number of anilines is 2. The zero-order chi connectivity index (χ0) is 26.6. The number of para-hydroxylation sites is 1. The standard InChI is InChI=1S/C31H26N6O2/c1-39-25-13-7-21(8-14-25)19-37-20-28(26-15-17-32-30-27(26)16-18-33-30)29(36-37)22-9-11-24(12-10-22)35-31(38)34-23-5-3-2-4-6-23/h2-18,20H,19H2,1H3,(H,32,33)(H2,34,35,38). The van der Waals surface area contributed by atoms with E-state index in [0.717, 1.165) is 50.4 Å². The summed E-state index contributed by atoms with van der Waals surface area (Å²) in [5.74, 6) is 0.818. The van der Waals surface area contributed by atoms with Gasteiger partial charge in [-0.25, -0.2) is 9.78 Å². The maximum absolute atomic E-state index is 12.4. The van der Waals surface area contributed by atoms with Crippen molar-refractivity contribution >= 4 is 28.4 Å². The molecule has 2 amide bonds. The highest BCUT2D eigenvalue weighted by molar-refractivity contribution is 6.00. The lowest BCUT2D eigenvalue weighted by molar-refractivity contribution is 0.262. The molecule has 0 aliphatic heterocycles. The van der Waals surface area contributed by atoms with Gasteiger partial charge >= 0.3 is 6.03 Å². The van der Waals surface area contributed by atoms with Crippen LogP contribution in [0.15, 0.2) is 110 Å². The van der Waals surface area contributed by atoms with Gasteiger partial charge in [0.15, 0.2) is 0 Å². The molecular formula is C31H26N6O2. The fourth-order valence-electron chi connectivity index (χ4n) is 4.55. The lowest BCUT2D eigenvalue weighted by atomic mass is 10.0. The van der Waals surface area contributed by atoms with Gasteiger partial charge in [0.25, 0.3) is 0 Å². The zero-order valence-corrected chi connectivity index (χ0v) is 21.3. The smallest absolute Gasteiger partial charge is 0.323 e.